The first-order valence-electron chi connectivity index (χ1n) is 15.7. The van der Waals surface area contributed by atoms with Gasteiger partial charge in [-0.2, -0.15) is 0 Å². The minimum Gasteiger partial charge on any atom is -0.494 e. The number of carbonyl (C=O) groups is 6. The molecule has 252 valence electrons. The molecule has 1 saturated heterocycles. The molecule has 0 spiro atoms. The Bertz CT molecular complexity index is 1280. The van der Waals surface area contributed by atoms with E-state index in [4.69, 9.17) is 14.2 Å². The fourth-order valence-electron chi connectivity index (χ4n) is 5.84. The summed E-state index contributed by atoms with van der Waals surface area (Å²) in [4.78, 5) is 84.1. The van der Waals surface area contributed by atoms with Crippen molar-refractivity contribution in [2.24, 2.45) is 5.92 Å². The van der Waals surface area contributed by atoms with Gasteiger partial charge in [-0.15, -0.1) is 0 Å². The fraction of sp³-hybridized carbons (Fsp3) is 0.594. The highest BCUT2D eigenvalue weighted by atomic mass is 16.5. The summed E-state index contributed by atoms with van der Waals surface area (Å²) >= 11 is 0. The van der Waals surface area contributed by atoms with Gasteiger partial charge in [0.1, 0.15) is 31.0 Å². The van der Waals surface area contributed by atoms with E-state index in [9.17, 15) is 28.8 Å². The van der Waals surface area contributed by atoms with Gasteiger partial charge in [0.05, 0.1) is 20.3 Å². The molecule has 1 aromatic rings. The van der Waals surface area contributed by atoms with E-state index in [1.54, 1.807) is 19.1 Å². The standard InChI is InChI=1S/C32H45N5O9/c1-5-11-21(28(39)31(42)33-19-25(38)46-18-6-2)34-29(40)22-14-10-17-37(22)32(43)26(20-12-8-7-9-13-20)36-30(41)27-23(44-3)15-16-24(35-27)45-4/h6,15-16,20-22,26H,2,5,7-14,17-19H2,1,3-4H3,(H,33,42)(H,34,40)(H,36,41). The lowest BCUT2D eigenvalue weighted by atomic mass is 9.83. The molecule has 4 amide bonds. The Morgan fingerprint density at radius 3 is 2.41 bits per heavy atom. The molecule has 14 heteroatoms. The Kier molecular flexibility index (Phi) is 14.0. The van der Waals surface area contributed by atoms with Gasteiger partial charge in [0.25, 0.3) is 11.8 Å². The summed E-state index contributed by atoms with van der Waals surface area (Å²) in [6, 6.07) is 0.148. The molecule has 0 aromatic carbocycles. The Balaban J connectivity index is 1.76. The maximum atomic E-state index is 14.2. The van der Waals surface area contributed by atoms with E-state index in [1.807, 2.05) is 0 Å². The first-order chi connectivity index (χ1) is 22.1. The number of rotatable bonds is 16. The molecule has 3 atom stereocenters. The van der Waals surface area contributed by atoms with Crippen molar-refractivity contribution in [1.82, 2.24) is 25.8 Å². The summed E-state index contributed by atoms with van der Waals surface area (Å²) in [7, 11) is 2.84. The Labute approximate surface area is 269 Å². The van der Waals surface area contributed by atoms with Gasteiger partial charge in [0, 0.05) is 12.6 Å². The highest BCUT2D eigenvalue weighted by Crippen LogP contribution is 2.30. The molecule has 46 heavy (non-hydrogen) atoms. The lowest BCUT2D eigenvalue weighted by Crippen LogP contribution is -2.58. The number of aromatic nitrogens is 1. The predicted octanol–water partition coefficient (Wildman–Crippen LogP) is 1.47. The number of ether oxygens (including phenoxy) is 3. The third-order valence-corrected chi connectivity index (χ3v) is 8.18. The highest BCUT2D eigenvalue weighted by molar-refractivity contribution is 6.38. The number of carbonyl (C=O) groups excluding carboxylic acids is 6. The zero-order valence-corrected chi connectivity index (χ0v) is 26.8. The summed E-state index contributed by atoms with van der Waals surface area (Å²) in [5.41, 5.74) is -0.0284. The predicted molar refractivity (Wildman–Crippen MR) is 166 cm³/mol. The van der Waals surface area contributed by atoms with Crippen LogP contribution in [0.5, 0.6) is 11.6 Å². The first-order valence-corrected chi connectivity index (χ1v) is 15.7. The van der Waals surface area contributed by atoms with Crippen LogP contribution in [-0.2, 0) is 28.7 Å². The molecule has 3 N–H and O–H groups in total. The van der Waals surface area contributed by atoms with Gasteiger partial charge < -0.3 is 35.1 Å². The number of nitrogens with zero attached hydrogens (tertiary/aromatic N) is 2. The van der Waals surface area contributed by atoms with Gasteiger partial charge in [-0.1, -0.05) is 45.3 Å². The molecule has 1 saturated carbocycles. The lowest BCUT2D eigenvalue weighted by molar-refractivity contribution is -0.145. The topological polar surface area (TPSA) is 182 Å². The van der Waals surface area contributed by atoms with E-state index in [0.29, 0.717) is 19.3 Å². The van der Waals surface area contributed by atoms with Crippen LogP contribution in [0, 0.1) is 5.92 Å². The Morgan fingerprint density at radius 2 is 1.76 bits per heavy atom. The molecule has 0 radical (unpaired) electrons. The molecular weight excluding hydrogens is 598 g/mol. The Hall–Kier alpha value is -4.49. The molecular formula is C32H45N5O9. The number of amides is 4. The number of methoxy groups -OCH3 is 2. The van der Waals surface area contributed by atoms with Gasteiger partial charge >= 0.3 is 5.97 Å². The number of hydrogen-bond donors (Lipinski definition) is 3. The van der Waals surface area contributed by atoms with Crippen LogP contribution in [0.2, 0.25) is 0 Å². The minimum absolute atomic E-state index is 0.0284. The summed E-state index contributed by atoms with van der Waals surface area (Å²) in [6.45, 7) is 4.97. The van der Waals surface area contributed by atoms with Crippen molar-refractivity contribution in [3.05, 3.63) is 30.5 Å². The smallest absolute Gasteiger partial charge is 0.325 e. The van der Waals surface area contributed by atoms with Crippen molar-refractivity contribution in [2.75, 3.05) is 33.9 Å². The lowest BCUT2D eigenvalue weighted by Gasteiger charge is -2.35. The van der Waals surface area contributed by atoms with E-state index in [2.05, 4.69) is 27.5 Å². The number of ketones is 1. The maximum Gasteiger partial charge on any atom is 0.325 e. The van der Waals surface area contributed by atoms with Crippen LogP contribution in [0.15, 0.2) is 24.8 Å². The molecule has 2 heterocycles. The number of likely N-dealkylation sites (tertiary alicyclic amines) is 1. The molecule has 1 aliphatic carbocycles. The number of hydrogen-bond acceptors (Lipinski definition) is 10. The fourth-order valence-corrected chi connectivity index (χ4v) is 5.84. The number of nitrogens with one attached hydrogen (secondary N) is 3. The van der Waals surface area contributed by atoms with E-state index < -0.39 is 60.1 Å². The van der Waals surface area contributed by atoms with Crippen LogP contribution in [-0.4, -0.2) is 97.3 Å². The molecule has 14 nitrogen and oxygen atoms in total. The van der Waals surface area contributed by atoms with Gasteiger partial charge in [-0.25, -0.2) is 4.98 Å². The average molecular weight is 644 g/mol. The maximum absolute atomic E-state index is 14.2. The number of Topliss-reactive ketones (excluding diaryl/α,β-unsaturated/α-hetero) is 1. The van der Waals surface area contributed by atoms with Crippen LogP contribution in [0.4, 0.5) is 0 Å². The summed E-state index contributed by atoms with van der Waals surface area (Å²) in [5.74, 6) is -3.97. The van der Waals surface area contributed by atoms with Crippen LogP contribution < -0.4 is 25.4 Å². The minimum atomic E-state index is -1.15. The van der Waals surface area contributed by atoms with Crippen molar-refractivity contribution < 1.29 is 43.0 Å². The molecule has 2 fully saturated rings. The normalized spacial score (nSPS) is 17.6. The van der Waals surface area contributed by atoms with Crippen LogP contribution >= 0.6 is 0 Å². The second kappa shape index (κ2) is 17.9. The Morgan fingerprint density at radius 1 is 1.02 bits per heavy atom. The van der Waals surface area contributed by atoms with E-state index in [1.165, 1.54) is 25.2 Å². The van der Waals surface area contributed by atoms with E-state index in [-0.39, 0.29) is 42.8 Å². The highest BCUT2D eigenvalue weighted by Gasteiger charge is 2.42. The van der Waals surface area contributed by atoms with Crippen molar-refractivity contribution in [1.29, 1.82) is 0 Å². The molecule has 3 unspecified atom stereocenters. The second-order valence-electron chi connectivity index (χ2n) is 11.3. The number of esters is 1. The number of pyridine rings is 1. The third kappa shape index (κ3) is 9.51. The van der Waals surface area contributed by atoms with E-state index >= 15 is 0 Å². The molecule has 3 rings (SSSR count). The van der Waals surface area contributed by atoms with Gasteiger partial charge in [0.15, 0.2) is 5.69 Å². The van der Waals surface area contributed by atoms with Crippen LogP contribution in [0.25, 0.3) is 0 Å². The summed E-state index contributed by atoms with van der Waals surface area (Å²) in [6.07, 6.45) is 7.22. The van der Waals surface area contributed by atoms with Crippen molar-refractivity contribution in [3.63, 3.8) is 0 Å². The molecule has 0 bridgehead atoms. The van der Waals surface area contributed by atoms with Crippen molar-refractivity contribution >= 4 is 35.4 Å². The summed E-state index contributed by atoms with van der Waals surface area (Å²) < 4.78 is 15.3. The van der Waals surface area contributed by atoms with Crippen LogP contribution in [0.1, 0.15) is 75.2 Å². The zero-order valence-electron chi connectivity index (χ0n) is 26.8. The SMILES string of the molecule is C=CCOC(=O)CNC(=O)C(=O)C(CCC)NC(=O)C1CCCN1C(=O)C(NC(=O)c1nc(OC)ccc1OC)C1CCCCC1. The zero-order chi connectivity index (χ0) is 33.6. The first kappa shape index (κ1) is 36.0. The summed E-state index contributed by atoms with van der Waals surface area (Å²) in [5, 5.41) is 7.77. The van der Waals surface area contributed by atoms with Crippen LogP contribution in [0.3, 0.4) is 0 Å². The molecule has 2 aliphatic rings. The van der Waals surface area contributed by atoms with E-state index in [0.717, 1.165) is 32.1 Å². The molecule has 1 aliphatic heterocycles. The molecule has 1 aromatic heterocycles. The average Bonchev–Trinajstić information content (AvgIpc) is 3.58. The monoisotopic (exact) mass is 643 g/mol. The largest absolute Gasteiger partial charge is 0.494 e. The van der Waals surface area contributed by atoms with Gasteiger partial charge in [0.2, 0.25) is 23.5 Å². The third-order valence-electron chi connectivity index (χ3n) is 8.18. The van der Waals surface area contributed by atoms with Gasteiger partial charge in [-0.3, -0.25) is 28.8 Å². The van der Waals surface area contributed by atoms with Crippen molar-refractivity contribution in [3.8, 4) is 11.6 Å². The second-order valence-corrected chi connectivity index (χ2v) is 11.3. The van der Waals surface area contributed by atoms with Gasteiger partial charge in [-0.05, 0) is 44.1 Å². The van der Waals surface area contributed by atoms with Crippen molar-refractivity contribution in [2.45, 2.75) is 82.8 Å². The quantitative estimate of drug-likeness (QED) is 0.136.